The maximum absolute atomic E-state index is 11.9. The zero-order chi connectivity index (χ0) is 17.4. The van der Waals surface area contributed by atoms with E-state index in [2.05, 4.69) is 20.9 Å². The predicted molar refractivity (Wildman–Crippen MR) is 116 cm³/mol. The van der Waals surface area contributed by atoms with Crippen LogP contribution in [0.2, 0.25) is 0 Å². The van der Waals surface area contributed by atoms with E-state index in [1.807, 2.05) is 38.1 Å². The molecule has 1 aromatic carbocycles. The Morgan fingerprint density at radius 2 is 2.00 bits per heavy atom. The number of benzene rings is 1. The summed E-state index contributed by atoms with van der Waals surface area (Å²) in [5, 5.41) is 9.79. The van der Waals surface area contributed by atoms with Crippen LogP contribution in [0.15, 0.2) is 29.3 Å². The minimum atomic E-state index is 0. The lowest BCUT2D eigenvalue weighted by Crippen LogP contribution is -2.41. The highest BCUT2D eigenvalue weighted by Gasteiger charge is 2.15. The van der Waals surface area contributed by atoms with Gasteiger partial charge in [-0.05, 0) is 36.5 Å². The molecule has 6 heteroatoms. The molecule has 3 N–H and O–H groups in total. The molecule has 2 rings (SSSR count). The lowest BCUT2D eigenvalue weighted by atomic mass is 10.1. The summed E-state index contributed by atoms with van der Waals surface area (Å²) < 4.78 is 0. The summed E-state index contributed by atoms with van der Waals surface area (Å²) in [4.78, 5) is 16.2. The van der Waals surface area contributed by atoms with E-state index in [9.17, 15) is 4.79 Å². The Morgan fingerprint density at radius 3 is 2.64 bits per heavy atom. The smallest absolute Gasteiger partial charge is 0.224 e. The molecule has 1 aliphatic rings. The molecular weight excluding hydrogens is 427 g/mol. The van der Waals surface area contributed by atoms with E-state index in [0.29, 0.717) is 24.9 Å². The van der Waals surface area contributed by atoms with Crippen LogP contribution in [-0.4, -0.2) is 25.0 Å². The number of hydrogen-bond acceptors (Lipinski definition) is 2. The first-order chi connectivity index (χ1) is 11.6. The summed E-state index contributed by atoms with van der Waals surface area (Å²) >= 11 is 0. The summed E-state index contributed by atoms with van der Waals surface area (Å²) in [6.07, 6.45) is 5.58. The molecule has 0 atom stereocenters. The van der Waals surface area contributed by atoms with Gasteiger partial charge in [0.2, 0.25) is 5.91 Å². The third-order valence-corrected chi connectivity index (χ3v) is 4.18. The van der Waals surface area contributed by atoms with Gasteiger partial charge in [-0.3, -0.25) is 9.79 Å². The van der Waals surface area contributed by atoms with Crippen molar-refractivity contribution in [1.82, 2.24) is 10.6 Å². The number of carbonyl (C=O) groups is 1. The third kappa shape index (κ3) is 8.07. The number of amides is 1. The molecule has 0 unspecified atom stereocenters. The Bertz CT molecular complexity index is 568. The number of guanidine groups is 1. The second-order valence-electron chi connectivity index (χ2n) is 6.90. The van der Waals surface area contributed by atoms with Gasteiger partial charge in [-0.2, -0.15) is 0 Å². The van der Waals surface area contributed by atoms with E-state index in [1.165, 1.54) is 25.7 Å². The molecule has 1 aromatic rings. The summed E-state index contributed by atoms with van der Waals surface area (Å²) in [5.74, 6) is 1.27. The zero-order valence-corrected chi connectivity index (χ0v) is 17.8. The highest BCUT2D eigenvalue weighted by Crippen LogP contribution is 2.17. The molecule has 1 amide bonds. The second kappa shape index (κ2) is 11.3. The molecule has 5 nitrogen and oxygen atoms in total. The first-order valence-electron chi connectivity index (χ1n) is 8.93. The molecule has 1 saturated carbocycles. The molecule has 140 valence electrons. The van der Waals surface area contributed by atoms with Crippen molar-refractivity contribution in [2.24, 2.45) is 10.9 Å². The summed E-state index contributed by atoms with van der Waals surface area (Å²) in [5.41, 5.74) is 1.96. The first kappa shape index (κ1) is 21.7. The van der Waals surface area contributed by atoms with Gasteiger partial charge in [0.15, 0.2) is 5.96 Å². The van der Waals surface area contributed by atoms with Crippen LogP contribution in [0.3, 0.4) is 0 Å². The van der Waals surface area contributed by atoms with E-state index >= 15 is 0 Å². The summed E-state index contributed by atoms with van der Waals surface area (Å²) in [6, 6.07) is 8.49. The molecule has 0 aromatic heterocycles. The van der Waals surface area contributed by atoms with Crippen molar-refractivity contribution >= 4 is 41.5 Å². The Morgan fingerprint density at radius 1 is 1.28 bits per heavy atom. The largest absolute Gasteiger partial charge is 0.354 e. The Labute approximate surface area is 168 Å². The fourth-order valence-corrected chi connectivity index (χ4v) is 2.99. The molecule has 1 fully saturated rings. The number of rotatable bonds is 6. The van der Waals surface area contributed by atoms with Crippen molar-refractivity contribution in [3.05, 3.63) is 29.8 Å². The SMILES string of the molecule is CN=C(NCc1cccc(NC(=O)CC(C)C)c1)NC1CCCC1.I. The molecule has 1 aliphatic carbocycles. The summed E-state index contributed by atoms with van der Waals surface area (Å²) in [7, 11) is 1.80. The molecule has 0 aliphatic heterocycles. The standard InChI is InChI=1S/C19H30N4O.HI/c1-14(2)11-18(24)22-17-10-6-7-15(12-17)13-21-19(20-3)23-16-8-4-5-9-16;/h6-7,10,12,14,16H,4-5,8-9,11,13H2,1-3H3,(H,22,24)(H2,20,21,23);1H. The van der Waals surface area contributed by atoms with Gasteiger partial charge in [0, 0.05) is 31.7 Å². The molecule has 0 spiro atoms. The lowest BCUT2D eigenvalue weighted by Gasteiger charge is -2.17. The molecule has 0 saturated heterocycles. The van der Waals surface area contributed by atoms with Gasteiger partial charge in [0.05, 0.1) is 0 Å². The average Bonchev–Trinajstić information content (AvgIpc) is 3.04. The van der Waals surface area contributed by atoms with Gasteiger partial charge in [0.25, 0.3) is 0 Å². The van der Waals surface area contributed by atoms with Crippen LogP contribution in [0, 0.1) is 5.92 Å². The van der Waals surface area contributed by atoms with E-state index < -0.39 is 0 Å². The van der Waals surface area contributed by atoms with Crippen LogP contribution < -0.4 is 16.0 Å². The van der Waals surface area contributed by atoms with Crippen molar-refractivity contribution < 1.29 is 4.79 Å². The van der Waals surface area contributed by atoms with E-state index in [0.717, 1.165) is 17.2 Å². The number of nitrogens with zero attached hydrogens (tertiary/aromatic N) is 1. The summed E-state index contributed by atoms with van der Waals surface area (Å²) in [6.45, 7) is 4.77. The van der Waals surface area contributed by atoms with Crippen molar-refractivity contribution in [3.63, 3.8) is 0 Å². The Kier molecular flexibility index (Phi) is 9.85. The number of nitrogens with one attached hydrogen (secondary N) is 3. The fourth-order valence-electron chi connectivity index (χ4n) is 2.99. The van der Waals surface area contributed by atoms with Crippen LogP contribution in [0.4, 0.5) is 5.69 Å². The van der Waals surface area contributed by atoms with Crippen LogP contribution in [0.5, 0.6) is 0 Å². The minimum absolute atomic E-state index is 0. The van der Waals surface area contributed by atoms with Gasteiger partial charge in [-0.25, -0.2) is 0 Å². The number of carbonyl (C=O) groups excluding carboxylic acids is 1. The molecule has 0 heterocycles. The van der Waals surface area contributed by atoms with Crippen molar-refractivity contribution in [2.45, 2.75) is 58.5 Å². The second-order valence-corrected chi connectivity index (χ2v) is 6.90. The first-order valence-corrected chi connectivity index (χ1v) is 8.93. The third-order valence-electron chi connectivity index (χ3n) is 4.18. The van der Waals surface area contributed by atoms with Gasteiger partial charge < -0.3 is 16.0 Å². The maximum Gasteiger partial charge on any atom is 0.224 e. The van der Waals surface area contributed by atoms with Gasteiger partial charge >= 0.3 is 0 Å². The Balaban J connectivity index is 0.00000312. The van der Waals surface area contributed by atoms with E-state index in [1.54, 1.807) is 7.05 Å². The predicted octanol–water partition coefficient (Wildman–Crippen LogP) is 3.90. The maximum atomic E-state index is 11.9. The van der Waals surface area contributed by atoms with Crippen molar-refractivity contribution in [1.29, 1.82) is 0 Å². The number of aliphatic imine (C=N–C) groups is 1. The fraction of sp³-hybridized carbons (Fsp3) is 0.579. The van der Waals surface area contributed by atoms with Crippen LogP contribution in [0.1, 0.15) is 51.5 Å². The highest BCUT2D eigenvalue weighted by molar-refractivity contribution is 14.0. The minimum Gasteiger partial charge on any atom is -0.354 e. The quantitative estimate of drug-likeness (QED) is 0.344. The zero-order valence-electron chi connectivity index (χ0n) is 15.5. The van der Waals surface area contributed by atoms with Crippen molar-refractivity contribution in [3.8, 4) is 0 Å². The van der Waals surface area contributed by atoms with Gasteiger partial charge in [-0.1, -0.05) is 38.8 Å². The number of hydrogen-bond donors (Lipinski definition) is 3. The van der Waals surface area contributed by atoms with Crippen LogP contribution in [-0.2, 0) is 11.3 Å². The van der Waals surface area contributed by atoms with E-state index in [-0.39, 0.29) is 29.9 Å². The normalized spacial score (nSPS) is 15.0. The molecule has 0 bridgehead atoms. The monoisotopic (exact) mass is 458 g/mol. The highest BCUT2D eigenvalue weighted by atomic mass is 127. The molecule has 25 heavy (non-hydrogen) atoms. The average molecular weight is 458 g/mol. The van der Waals surface area contributed by atoms with Gasteiger partial charge in [-0.15, -0.1) is 24.0 Å². The van der Waals surface area contributed by atoms with E-state index in [4.69, 9.17) is 0 Å². The van der Waals surface area contributed by atoms with Crippen LogP contribution >= 0.6 is 24.0 Å². The number of halogens is 1. The molecule has 0 radical (unpaired) electrons. The number of anilines is 1. The lowest BCUT2D eigenvalue weighted by molar-refractivity contribution is -0.116. The van der Waals surface area contributed by atoms with Crippen molar-refractivity contribution in [2.75, 3.05) is 12.4 Å². The van der Waals surface area contributed by atoms with Gasteiger partial charge in [0.1, 0.15) is 0 Å². The Hall–Kier alpha value is -1.31. The van der Waals surface area contributed by atoms with Crippen LogP contribution in [0.25, 0.3) is 0 Å². The topological polar surface area (TPSA) is 65.5 Å². The molecular formula is C19H31IN4O.